The van der Waals surface area contributed by atoms with Crippen molar-refractivity contribution in [1.82, 2.24) is 0 Å². The normalized spacial score (nSPS) is 10.3. The number of rotatable bonds is 8. The molecule has 0 bridgehead atoms. The van der Waals surface area contributed by atoms with Crippen LogP contribution < -0.4 is 10.2 Å². The van der Waals surface area contributed by atoms with E-state index in [0.29, 0.717) is 26.6 Å². The number of hydrogen-bond donors (Lipinski definition) is 1. The molecule has 8 heteroatoms. The number of carbonyl (C=O) groups is 3. The van der Waals surface area contributed by atoms with E-state index >= 15 is 0 Å². The summed E-state index contributed by atoms with van der Waals surface area (Å²) in [6, 6.07) is 23.3. The first-order chi connectivity index (χ1) is 15.4. The Hall–Kier alpha value is -3.16. The van der Waals surface area contributed by atoms with Crippen molar-refractivity contribution in [2.75, 3.05) is 16.8 Å². The van der Waals surface area contributed by atoms with Crippen LogP contribution >= 0.6 is 27.5 Å². The first-order valence-corrected chi connectivity index (χ1v) is 10.9. The molecule has 1 N–H and O–H groups in total. The third kappa shape index (κ3) is 6.67. The molecular weight excluding hydrogens is 496 g/mol. The smallest absolute Gasteiger partial charge is 0.306 e. The Balaban J connectivity index is 1.53. The fourth-order valence-corrected chi connectivity index (χ4v) is 3.33. The zero-order valence-electron chi connectivity index (χ0n) is 17.0. The van der Waals surface area contributed by atoms with Crippen molar-refractivity contribution in [1.29, 1.82) is 0 Å². The second-order valence-electron chi connectivity index (χ2n) is 6.74. The number of para-hydroxylation sites is 2. The Bertz CT molecular complexity index is 1050. The van der Waals surface area contributed by atoms with Crippen LogP contribution in [0.2, 0.25) is 5.02 Å². The summed E-state index contributed by atoms with van der Waals surface area (Å²) in [5.41, 5.74) is 1.88. The van der Waals surface area contributed by atoms with Crippen molar-refractivity contribution < 1.29 is 19.1 Å². The average molecular weight is 516 g/mol. The first-order valence-electron chi connectivity index (χ1n) is 9.77. The molecule has 3 aromatic rings. The quantitative estimate of drug-likeness (QED) is 0.389. The molecule has 32 heavy (non-hydrogen) atoms. The lowest BCUT2D eigenvalue weighted by Crippen LogP contribution is -2.27. The lowest BCUT2D eigenvalue weighted by molar-refractivity contribution is -0.148. The molecule has 0 fully saturated rings. The van der Waals surface area contributed by atoms with E-state index in [9.17, 15) is 14.4 Å². The number of ether oxygens (including phenoxy) is 1. The van der Waals surface area contributed by atoms with Crippen molar-refractivity contribution in [3.8, 4) is 0 Å². The van der Waals surface area contributed by atoms with Gasteiger partial charge in [-0.3, -0.25) is 19.3 Å². The van der Waals surface area contributed by atoms with Gasteiger partial charge in [0.1, 0.15) is 0 Å². The molecule has 0 saturated carbocycles. The van der Waals surface area contributed by atoms with Crippen LogP contribution in [0.1, 0.15) is 12.8 Å². The summed E-state index contributed by atoms with van der Waals surface area (Å²) in [5, 5.41) is 3.04. The number of anilines is 3. The van der Waals surface area contributed by atoms with Crippen molar-refractivity contribution >= 4 is 62.4 Å². The lowest BCUT2D eigenvalue weighted by Gasteiger charge is -2.23. The van der Waals surface area contributed by atoms with Gasteiger partial charge in [-0.05, 0) is 58.4 Å². The highest BCUT2D eigenvalue weighted by Gasteiger charge is 2.19. The van der Waals surface area contributed by atoms with Crippen LogP contribution in [-0.2, 0) is 19.1 Å². The molecule has 3 aromatic carbocycles. The average Bonchev–Trinajstić information content (AvgIpc) is 2.80. The summed E-state index contributed by atoms with van der Waals surface area (Å²) >= 11 is 9.26. The number of benzene rings is 3. The Kier molecular flexibility index (Phi) is 8.41. The van der Waals surface area contributed by atoms with Gasteiger partial charge in [-0.15, -0.1) is 0 Å². The van der Waals surface area contributed by atoms with E-state index in [1.165, 1.54) is 0 Å². The molecule has 0 aliphatic rings. The van der Waals surface area contributed by atoms with E-state index in [1.54, 1.807) is 23.1 Å². The van der Waals surface area contributed by atoms with Gasteiger partial charge in [-0.2, -0.15) is 0 Å². The topological polar surface area (TPSA) is 75.7 Å². The molecule has 0 spiro atoms. The summed E-state index contributed by atoms with van der Waals surface area (Å²) in [6.07, 6.45) is -0.209. The Morgan fingerprint density at radius 3 is 2.03 bits per heavy atom. The first kappa shape index (κ1) is 23.5. The number of carbonyl (C=O) groups excluding carboxylic acids is 3. The largest absolute Gasteiger partial charge is 0.456 e. The van der Waals surface area contributed by atoms with Crippen LogP contribution in [0.4, 0.5) is 17.1 Å². The van der Waals surface area contributed by atoms with E-state index in [2.05, 4.69) is 21.2 Å². The molecule has 0 aliphatic heterocycles. The van der Waals surface area contributed by atoms with Crippen LogP contribution in [0.5, 0.6) is 0 Å². The maximum atomic E-state index is 12.9. The van der Waals surface area contributed by atoms with Gasteiger partial charge >= 0.3 is 5.97 Å². The Morgan fingerprint density at radius 1 is 0.875 bits per heavy atom. The molecule has 0 saturated heterocycles. The summed E-state index contributed by atoms with van der Waals surface area (Å²) in [6.45, 7) is -0.457. The minimum atomic E-state index is -0.636. The SMILES string of the molecule is O=C(COC(=O)CCC(=O)N(c1ccccc1)c1ccccc1)Nc1ccc(Br)c(Cl)c1. The molecule has 0 aromatic heterocycles. The molecule has 164 valence electrons. The van der Waals surface area contributed by atoms with Gasteiger partial charge < -0.3 is 10.1 Å². The Labute approximate surface area is 199 Å². The minimum Gasteiger partial charge on any atom is -0.456 e. The second kappa shape index (κ2) is 11.5. The summed E-state index contributed by atoms with van der Waals surface area (Å²) in [7, 11) is 0. The highest BCUT2D eigenvalue weighted by molar-refractivity contribution is 9.10. The maximum absolute atomic E-state index is 12.9. The van der Waals surface area contributed by atoms with Crippen LogP contribution in [0.15, 0.2) is 83.3 Å². The molecule has 0 heterocycles. The van der Waals surface area contributed by atoms with Crippen LogP contribution in [0.3, 0.4) is 0 Å². The second-order valence-corrected chi connectivity index (χ2v) is 8.00. The lowest BCUT2D eigenvalue weighted by atomic mass is 10.2. The predicted molar refractivity (Wildman–Crippen MR) is 128 cm³/mol. The van der Waals surface area contributed by atoms with E-state index in [1.807, 2.05) is 60.7 Å². The molecule has 3 rings (SSSR count). The van der Waals surface area contributed by atoms with Crippen molar-refractivity contribution in [2.24, 2.45) is 0 Å². The monoisotopic (exact) mass is 514 g/mol. The van der Waals surface area contributed by atoms with Crippen molar-refractivity contribution in [3.05, 3.63) is 88.4 Å². The zero-order chi connectivity index (χ0) is 22.9. The number of hydrogen-bond acceptors (Lipinski definition) is 4. The van der Waals surface area contributed by atoms with Gasteiger partial charge in [0.25, 0.3) is 5.91 Å². The molecule has 6 nitrogen and oxygen atoms in total. The molecular formula is C24H20BrClN2O4. The Morgan fingerprint density at radius 2 is 1.47 bits per heavy atom. The third-order valence-electron chi connectivity index (χ3n) is 4.39. The van der Waals surface area contributed by atoms with E-state index in [-0.39, 0.29) is 18.7 Å². The predicted octanol–water partition coefficient (Wildman–Crippen LogP) is 5.73. The zero-order valence-corrected chi connectivity index (χ0v) is 19.3. The molecule has 0 unspecified atom stereocenters. The summed E-state index contributed by atoms with van der Waals surface area (Å²) < 4.78 is 5.71. The number of esters is 1. The summed E-state index contributed by atoms with van der Waals surface area (Å²) in [5.74, 6) is -1.39. The van der Waals surface area contributed by atoms with Crippen molar-refractivity contribution in [2.45, 2.75) is 12.8 Å². The van der Waals surface area contributed by atoms with Gasteiger partial charge in [0.2, 0.25) is 5.91 Å². The fourth-order valence-electron chi connectivity index (χ4n) is 2.90. The van der Waals surface area contributed by atoms with Crippen LogP contribution in [-0.4, -0.2) is 24.4 Å². The molecule has 2 amide bonds. The summed E-state index contributed by atoms with van der Waals surface area (Å²) in [4.78, 5) is 38.6. The molecule has 0 aliphatic carbocycles. The van der Waals surface area contributed by atoms with Gasteiger partial charge in [0.15, 0.2) is 6.61 Å². The number of halogens is 2. The molecule has 0 atom stereocenters. The number of nitrogens with zero attached hydrogens (tertiary/aromatic N) is 1. The minimum absolute atomic E-state index is 0.0629. The fraction of sp³-hybridized carbons (Fsp3) is 0.125. The van der Waals surface area contributed by atoms with Gasteiger partial charge in [0.05, 0.1) is 11.4 Å². The van der Waals surface area contributed by atoms with Crippen LogP contribution in [0.25, 0.3) is 0 Å². The highest BCUT2D eigenvalue weighted by atomic mass is 79.9. The van der Waals surface area contributed by atoms with Gasteiger partial charge in [-0.25, -0.2) is 0 Å². The van der Waals surface area contributed by atoms with Gasteiger partial charge in [0, 0.05) is 28.0 Å². The standard InChI is InChI=1S/C24H20BrClN2O4/c25-20-12-11-17(15-21(20)26)27-22(29)16-32-24(31)14-13-23(30)28(18-7-3-1-4-8-18)19-9-5-2-6-10-19/h1-12,15H,13-14,16H2,(H,27,29). The van der Waals surface area contributed by atoms with Gasteiger partial charge in [-0.1, -0.05) is 48.0 Å². The third-order valence-corrected chi connectivity index (χ3v) is 5.62. The highest BCUT2D eigenvalue weighted by Crippen LogP contribution is 2.27. The number of amides is 2. The molecule has 0 radical (unpaired) electrons. The van der Waals surface area contributed by atoms with Crippen LogP contribution in [0, 0.1) is 0 Å². The maximum Gasteiger partial charge on any atom is 0.306 e. The van der Waals surface area contributed by atoms with E-state index < -0.39 is 18.5 Å². The van der Waals surface area contributed by atoms with Crippen molar-refractivity contribution in [3.63, 3.8) is 0 Å². The van der Waals surface area contributed by atoms with E-state index in [0.717, 1.165) is 0 Å². The van der Waals surface area contributed by atoms with E-state index in [4.69, 9.17) is 16.3 Å². The number of nitrogens with one attached hydrogen (secondary N) is 1.